The molecule has 86 valence electrons. The lowest BCUT2D eigenvalue weighted by Crippen LogP contribution is -2.37. The monoisotopic (exact) mass is 220 g/mol. The molecule has 0 radical (unpaired) electrons. The van der Waals surface area contributed by atoms with Crippen molar-refractivity contribution in [2.75, 3.05) is 0 Å². The highest BCUT2D eigenvalue weighted by Gasteiger charge is 2.12. The maximum atomic E-state index is 11.7. The Morgan fingerprint density at radius 2 is 2.12 bits per heavy atom. The summed E-state index contributed by atoms with van der Waals surface area (Å²) in [6.45, 7) is 3.50. The van der Waals surface area contributed by atoms with Crippen molar-refractivity contribution in [3.05, 3.63) is 35.4 Å². The van der Waals surface area contributed by atoms with Crippen molar-refractivity contribution in [2.24, 2.45) is 5.73 Å². The molecule has 3 N–H and O–H groups in total. The molecular formula is C12H16N2O2. The first kappa shape index (κ1) is 12.4. The molecule has 1 aromatic carbocycles. The van der Waals surface area contributed by atoms with Crippen LogP contribution in [0.1, 0.15) is 29.8 Å². The standard InChI is InChI=1S/C12H16N2O2/c1-8(9(2)15)14-12(16)11-5-3-4-10(6-11)7-13/h3-6,8H,7,13H2,1-2H3,(H,14,16). The van der Waals surface area contributed by atoms with E-state index in [-0.39, 0.29) is 11.7 Å². The van der Waals surface area contributed by atoms with Crippen molar-refractivity contribution in [3.8, 4) is 0 Å². The first-order chi connectivity index (χ1) is 7.54. The number of rotatable bonds is 4. The van der Waals surface area contributed by atoms with Crippen molar-refractivity contribution in [1.82, 2.24) is 5.32 Å². The van der Waals surface area contributed by atoms with E-state index in [0.717, 1.165) is 5.56 Å². The summed E-state index contributed by atoms with van der Waals surface area (Å²) in [6.07, 6.45) is 0. The number of amides is 1. The van der Waals surface area contributed by atoms with Gasteiger partial charge in [0.05, 0.1) is 6.04 Å². The molecule has 4 nitrogen and oxygen atoms in total. The van der Waals surface area contributed by atoms with E-state index in [1.54, 1.807) is 25.1 Å². The summed E-state index contributed by atoms with van der Waals surface area (Å²) >= 11 is 0. The highest BCUT2D eigenvalue weighted by Crippen LogP contribution is 2.04. The molecule has 0 heterocycles. The zero-order valence-corrected chi connectivity index (χ0v) is 9.49. The maximum Gasteiger partial charge on any atom is 0.251 e. The second-order valence-corrected chi connectivity index (χ2v) is 3.71. The number of hydrogen-bond donors (Lipinski definition) is 2. The highest BCUT2D eigenvalue weighted by molar-refractivity contribution is 5.97. The number of benzene rings is 1. The molecule has 0 aliphatic heterocycles. The summed E-state index contributed by atoms with van der Waals surface area (Å²) < 4.78 is 0. The van der Waals surface area contributed by atoms with Crippen LogP contribution < -0.4 is 11.1 Å². The number of nitrogens with two attached hydrogens (primary N) is 1. The Labute approximate surface area is 94.8 Å². The van der Waals surface area contributed by atoms with E-state index in [0.29, 0.717) is 12.1 Å². The Kier molecular flexibility index (Phi) is 4.19. The van der Waals surface area contributed by atoms with E-state index >= 15 is 0 Å². The topological polar surface area (TPSA) is 72.2 Å². The number of carbonyl (C=O) groups is 2. The van der Waals surface area contributed by atoms with Crippen LogP contribution in [-0.4, -0.2) is 17.7 Å². The van der Waals surface area contributed by atoms with Crippen molar-refractivity contribution in [1.29, 1.82) is 0 Å². The Morgan fingerprint density at radius 1 is 1.44 bits per heavy atom. The molecule has 1 amide bonds. The summed E-state index contributed by atoms with van der Waals surface area (Å²) in [7, 11) is 0. The number of Topliss-reactive ketones (excluding diaryl/α,β-unsaturated/α-hetero) is 1. The molecule has 1 unspecified atom stereocenters. The van der Waals surface area contributed by atoms with Crippen LogP contribution in [0, 0.1) is 0 Å². The molecule has 16 heavy (non-hydrogen) atoms. The van der Waals surface area contributed by atoms with Gasteiger partial charge in [-0.25, -0.2) is 0 Å². The van der Waals surface area contributed by atoms with Crippen LogP contribution in [0.5, 0.6) is 0 Å². The Bertz CT molecular complexity index is 402. The summed E-state index contributed by atoms with van der Waals surface area (Å²) in [4.78, 5) is 22.7. The van der Waals surface area contributed by atoms with Gasteiger partial charge in [-0.05, 0) is 31.5 Å². The predicted octanol–water partition coefficient (Wildman–Crippen LogP) is 0.853. The molecule has 1 rings (SSSR count). The number of ketones is 1. The fourth-order valence-corrected chi connectivity index (χ4v) is 1.22. The third-order valence-corrected chi connectivity index (χ3v) is 2.38. The number of carbonyl (C=O) groups excluding carboxylic acids is 2. The third-order valence-electron chi connectivity index (χ3n) is 2.38. The van der Waals surface area contributed by atoms with E-state index in [4.69, 9.17) is 5.73 Å². The molecule has 0 spiro atoms. The Hall–Kier alpha value is -1.68. The summed E-state index contributed by atoms with van der Waals surface area (Å²) in [5, 5.41) is 2.62. The van der Waals surface area contributed by atoms with Gasteiger partial charge in [0.2, 0.25) is 0 Å². The van der Waals surface area contributed by atoms with Crippen molar-refractivity contribution in [2.45, 2.75) is 26.4 Å². The second-order valence-electron chi connectivity index (χ2n) is 3.71. The lowest BCUT2D eigenvalue weighted by Gasteiger charge is -2.10. The molecule has 0 aliphatic carbocycles. The average Bonchev–Trinajstić information content (AvgIpc) is 2.28. The fraction of sp³-hybridized carbons (Fsp3) is 0.333. The number of nitrogens with one attached hydrogen (secondary N) is 1. The van der Waals surface area contributed by atoms with Gasteiger partial charge in [-0.2, -0.15) is 0 Å². The van der Waals surface area contributed by atoms with Gasteiger partial charge in [0.15, 0.2) is 5.78 Å². The van der Waals surface area contributed by atoms with Gasteiger partial charge in [-0.3, -0.25) is 9.59 Å². The molecule has 1 atom stereocenters. The zero-order chi connectivity index (χ0) is 12.1. The quantitative estimate of drug-likeness (QED) is 0.790. The molecule has 0 fully saturated rings. The van der Waals surface area contributed by atoms with E-state index in [1.807, 2.05) is 6.07 Å². The summed E-state index contributed by atoms with van der Waals surface area (Å²) in [5.41, 5.74) is 6.90. The molecule has 0 saturated heterocycles. The second kappa shape index (κ2) is 5.42. The minimum absolute atomic E-state index is 0.0664. The highest BCUT2D eigenvalue weighted by atomic mass is 16.2. The van der Waals surface area contributed by atoms with Gasteiger partial charge in [0.1, 0.15) is 0 Å². The van der Waals surface area contributed by atoms with Gasteiger partial charge in [-0.15, -0.1) is 0 Å². The van der Waals surface area contributed by atoms with E-state index in [9.17, 15) is 9.59 Å². The Morgan fingerprint density at radius 3 is 2.69 bits per heavy atom. The Balaban J connectivity index is 2.76. The van der Waals surface area contributed by atoms with Crippen molar-refractivity contribution in [3.63, 3.8) is 0 Å². The maximum absolute atomic E-state index is 11.7. The van der Waals surface area contributed by atoms with Gasteiger partial charge in [0, 0.05) is 12.1 Å². The van der Waals surface area contributed by atoms with Crippen molar-refractivity contribution >= 4 is 11.7 Å². The van der Waals surface area contributed by atoms with Crippen LogP contribution in [-0.2, 0) is 11.3 Å². The van der Waals surface area contributed by atoms with Crippen LogP contribution in [0.15, 0.2) is 24.3 Å². The summed E-state index contributed by atoms with van der Waals surface area (Å²) in [6, 6.07) is 6.58. The van der Waals surface area contributed by atoms with Crippen LogP contribution >= 0.6 is 0 Å². The molecular weight excluding hydrogens is 204 g/mol. The van der Waals surface area contributed by atoms with Crippen molar-refractivity contribution < 1.29 is 9.59 Å². The molecule has 4 heteroatoms. The largest absolute Gasteiger partial charge is 0.343 e. The van der Waals surface area contributed by atoms with E-state index in [1.165, 1.54) is 6.92 Å². The molecule has 1 aromatic rings. The number of hydrogen-bond acceptors (Lipinski definition) is 3. The average molecular weight is 220 g/mol. The SMILES string of the molecule is CC(=O)C(C)NC(=O)c1cccc(CN)c1. The van der Waals surface area contributed by atoms with E-state index in [2.05, 4.69) is 5.32 Å². The fourth-order valence-electron chi connectivity index (χ4n) is 1.22. The van der Waals surface area contributed by atoms with Crippen LogP contribution in [0.3, 0.4) is 0 Å². The van der Waals surface area contributed by atoms with Crippen LogP contribution in [0.2, 0.25) is 0 Å². The van der Waals surface area contributed by atoms with Gasteiger partial charge in [0.25, 0.3) is 5.91 Å². The lowest BCUT2D eigenvalue weighted by molar-refractivity contribution is -0.118. The first-order valence-electron chi connectivity index (χ1n) is 5.15. The first-order valence-corrected chi connectivity index (χ1v) is 5.15. The minimum atomic E-state index is -0.464. The third kappa shape index (κ3) is 3.17. The molecule has 0 saturated carbocycles. The van der Waals surface area contributed by atoms with Gasteiger partial charge < -0.3 is 11.1 Å². The normalized spacial score (nSPS) is 11.9. The van der Waals surface area contributed by atoms with Gasteiger partial charge >= 0.3 is 0 Å². The zero-order valence-electron chi connectivity index (χ0n) is 9.49. The molecule has 0 aliphatic rings. The minimum Gasteiger partial charge on any atom is -0.343 e. The lowest BCUT2D eigenvalue weighted by atomic mass is 10.1. The van der Waals surface area contributed by atoms with Gasteiger partial charge in [-0.1, -0.05) is 12.1 Å². The van der Waals surface area contributed by atoms with E-state index < -0.39 is 6.04 Å². The predicted molar refractivity (Wildman–Crippen MR) is 61.9 cm³/mol. The smallest absolute Gasteiger partial charge is 0.251 e. The van der Waals surface area contributed by atoms with Crippen LogP contribution in [0.25, 0.3) is 0 Å². The molecule has 0 aromatic heterocycles. The summed E-state index contributed by atoms with van der Waals surface area (Å²) in [5.74, 6) is -0.318. The van der Waals surface area contributed by atoms with Crippen LogP contribution in [0.4, 0.5) is 0 Å². The molecule has 0 bridgehead atoms.